The number of para-hydroxylation sites is 1. The summed E-state index contributed by atoms with van der Waals surface area (Å²) in [5.74, 6) is 1.19. The van der Waals surface area contributed by atoms with Gasteiger partial charge < -0.3 is 19.4 Å². The van der Waals surface area contributed by atoms with Gasteiger partial charge in [-0.2, -0.15) is 0 Å². The number of methoxy groups -OCH3 is 1. The van der Waals surface area contributed by atoms with Gasteiger partial charge in [-0.15, -0.1) is 0 Å². The Kier molecular flexibility index (Phi) is 8.84. The van der Waals surface area contributed by atoms with Crippen molar-refractivity contribution >= 4 is 28.4 Å². The van der Waals surface area contributed by atoms with Crippen LogP contribution in [0.15, 0.2) is 103 Å². The number of aromatic nitrogens is 1. The van der Waals surface area contributed by atoms with E-state index in [2.05, 4.69) is 77.6 Å². The SMILES string of the molecule is COCCNC(=O)CC(c1cccc(Oc2ccc(Cl)cc2)c1)c1cn(Cc2ccc(C)cc2)c2ccccc12. The van der Waals surface area contributed by atoms with E-state index >= 15 is 0 Å². The summed E-state index contributed by atoms with van der Waals surface area (Å²) in [6.07, 6.45) is 2.50. The third-order valence-electron chi connectivity index (χ3n) is 7.00. The van der Waals surface area contributed by atoms with Gasteiger partial charge in [-0.1, -0.05) is 71.8 Å². The largest absolute Gasteiger partial charge is 0.457 e. The molecular formula is C34H33ClN2O3. The van der Waals surface area contributed by atoms with Crippen molar-refractivity contribution in [2.75, 3.05) is 20.3 Å². The van der Waals surface area contributed by atoms with Crippen LogP contribution in [-0.2, 0) is 16.1 Å². The van der Waals surface area contributed by atoms with Crippen LogP contribution < -0.4 is 10.1 Å². The van der Waals surface area contributed by atoms with Gasteiger partial charge in [-0.3, -0.25) is 4.79 Å². The Balaban J connectivity index is 1.52. The fourth-order valence-electron chi connectivity index (χ4n) is 4.96. The van der Waals surface area contributed by atoms with Crippen molar-refractivity contribution in [1.82, 2.24) is 9.88 Å². The Labute approximate surface area is 240 Å². The molecule has 0 spiro atoms. The van der Waals surface area contributed by atoms with Gasteiger partial charge in [0.05, 0.1) is 6.61 Å². The number of ether oxygens (including phenoxy) is 2. The molecule has 0 aliphatic heterocycles. The Morgan fingerprint density at radius 2 is 1.70 bits per heavy atom. The highest BCUT2D eigenvalue weighted by atomic mass is 35.5. The van der Waals surface area contributed by atoms with Crippen molar-refractivity contribution in [3.63, 3.8) is 0 Å². The maximum Gasteiger partial charge on any atom is 0.221 e. The molecule has 1 amide bonds. The highest BCUT2D eigenvalue weighted by Crippen LogP contribution is 2.37. The van der Waals surface area contributed by atoms with E-state index < -0.39 is 0 Å². The van der Waals surface area contributed by atoms with Crippen molar-refractivity contribution in [1.29, 1.82) is 0 Å². The topological polar surface area (TPSA) is 52.5 Å². The molecule has 1 atom stereocenters. The molecule has 0 fully saturated rings. The second kappa shape index (κ2) is 12.9. The zero-order valence-corrected chi connectivity index (χ0v) is 23.5. The van der Waals surface area contributed by atoms with Crippen LogP contribution in [0.3, 0.4) is 0 Å². The summed E-state index contributed by atoms with van der Waals surface area (Å²) in [6.45, 7) is 3.78. The van der Waals surface area contributed by atoms with Gasteiger partial charge in [0.25, 0.3) is 0 Å². The molecule has 204 valence electrons. The standard InChI is InChI=1S/C34H33ClN2O3/c1-24-10-12-25(13-11-24)22-37-23-32(30-8-3-4-9-33(30)37)31(21-34(38)36-18-19-39-2)26-6-5-7-29(20-26)40-28-16-14-27(35)15-17-28/h3-17,20,23,31H,18-19,21-22H2,1-2H3,(H,36,38). The molecule has 6 heteroatoms. The number of benzene rings is 4. The Morgan fingerprint density at radius 3 is 2.48 bits per heavy atom. The highest BCUT2D eigenvalue weighted by molar-refractivity contribution is 6.30. The van der Waals surface area contributed by atoms with Gasteiger partial charge in [0.15, 0.2) is 0 Å². The lowest BCUT2D eigenvalue weighted by Gasteiger charge is -2.18. The fourth-order valence-corrected chi connectivity index (χ4v) is 5.09. The first-order valence-corrected chi connectivity index (χ1v) is 13.8. The lowest BCUT2D eigenvalue weighted by atomic mass is 9.88. The van der Waals surface area contributed by atoms with E-state index in [0.29, 0.717) is 36.1 Å². The maximum atomic E-state index is 13.1. The predicted molar refractivity (Wildman–Crippen MR) is 162 cm³/mol. The first-order valence-electron chi connectivity index (χ1n) is 13.4. The zero-order chi connectivity index (χ0) is 27.9. The number of carbonyl (C=O) groups is 1. The van der Waals surface area contributed by atoms with Gasteiger partial charge in [-0.25, -0.2) is 0 Å². The molecule has 0 saturated heterocycles. The van der Waals surface area contributed by atoms with Gasteiger partial charge >= 0.3 is 0 Å². The molecular weight excluding hydrogens is 520 g/mol. The number of hydrogen-bond acceptors (Lipinski definition) is 3. The van der Waals surface area contributed by atoms with E-state index in [4.69, 9.17) is 21.1 Å². The third kappa shape index (κ3) is 6.74. The zero-order valence-electron chi connectivity index (χ0n) is 22.8. The van der Waals surface area contributed by atoms with Crippen LogP contribution in [-0.4, -0.2) is 30.7 Å². The number of amides is 1. The lowest BCUT2D eigenvalue weighted by molar-refractivity contribution is -0.121. The molecule has 5 nitrogen and oxygen atoms in total. The molecule has 0 aliphatic rings. The van der Waals surface area contributed by atoms with Gasteiger partial charge in [-0.05, 0) is 66.1 Å². The first-order chi connectivity index (χ1) is 19.5. The Hall–Kier alpha value is -4.06. The number of nitrogens with zero attached hydrogens (tertiary/aromatic N) is 1. The molecule has 40 heavy (non-hydrogen) atoms. The summed E-state index contributed by atoms with van der Waals surface area (Å²) in [5.41, 5.74) is 5.71. The summed E-state index contributed by atoms with van der Waals surface area (Å²) in [4.78, 5) is 13.1. The van der Waals surface area contributed by atoms with E-state index in [1.54, 1.807) is 19.2 Å². The highest BCUT2D eigenvalue weighted by Gasteiger charge is 2.23. The van der Waals surface area contributed by atoms with Crippen LogP contribution >= 0.6 is 11.6 Å². The summed E-state index contributed by atoms with van der Waals surface area (Å²) in [6, 6.07) is 32.3. The fraction of sp³-hybridized carbons (Fsp3) is 0.206. The number of rotatable bonds is 11. The minimum absolute atomic E-state index is 0.0264. The predicted octanol–water partition coefficient (Wildman–Crippen LogP) is 7.73. The molecule has 0 aliphatic carbocycles. The van der Waals surface area contributed by atoms with E-state index in [1.807, 2.05) is 30.3 Å². The van der Waals surface area contributed by atoms with Crippen molar-refractivity contribution in [3.8, 4) is 11.5 Å². The van der Waals surface area contributed by atoms with Crippen molar-refractivity contribution in [2.45, 2.75) is 25.8 Å². The molecule has 4 aromatic carbocycles. The van der Waals surface area contributed by atoms with Crippen molar-refractivity contribution in [2.24, 2.45) is 0 Å². The first kappa shape index (κ1) is 27.5. The molecule has 0 bridgehead atoms. The second-order valence-electron chi connectivity index (χ2n) is 9.94. The number of hydrogen-bond donors (Lipinski definition) is 1. The molecule has 1 heterocycles. The van der Waals surface area contributed by atoms with E-state index in [9.17, 15) is 4.79 Å². The van der Waals surface area contributed by atoms with Crippen molar-refractivity contribution < 1.29 is 14.3 Å². The van der Waals surface area contributed by atoms with Crippen LogP contribution in [0.1, 0.15) is 34.6 Å². The van der Waals surface area contributed by atoms with Gasteiger partial charge in [0.1, 0.15) is 11.5 Å². The third-order valence-corrected chi connectivity index (χ3v) is 7.25. The van der Waals surface area contributed by atoms with Gasteiger partial charge in [0, 0.05) is 54.7 Å². The Morgan fingerprint density at radius 1 is 0.925 bits per heavy atom. The molecule has 1 unspecified atom stereocenters. The van der Waals surface area contributed by atoms with Crippen LogP contribution in [0.25, 0.3) is 10.9 Å². The number of aryl methyl sites for hydroxylation is 1. The van der Waals surface area contributed by atoms with Crippen LogP contribution in [0.4, 0.5) is 0 Å². The lowest BCUT2D eigenvalue weighted by Crippen LogP contribution is -2.28. The monoisotopic (exact) mass is 552 g/mol. The summed E-state index contributed by atoms with van der Waals surface area (Å²) < 4.78 is 13.6. The number of fused-ring (bicyclic) bond motifs is 1. The normalized spacial score (nSPS) is 11.9. The maximum absolute atomic E-state index is 13.1. The summed E-state index contributed by atoms with van der Waals surface area (Å²) >= 11 is 6.05. The molecule has 0 saturated carbocycles. The molecule has 5 rings (SSSR count). The van der Waals surface area contributed by atoms with Gasteiger partial charge in [0.2, 0.25) is 5.91 Å². The average Bonchev–Trinajstić information content (AvgIpc) is 3.32. The van der Waals surface area contributed by atoms with E-state index in [1.165, 1.54) is 11.1 Å². The van der Waals surface area contributed by atoms with Crippen LogP contribution in [0.2, 0.25) is 5.02 Å². The second-order valence-corrected chi connectivity index (χ2v) is 10.4. The smallest absolute Gasteiger partial charge is 0.221 e. The minimum Gasteiger partial charge on any atom is -0.457 e. The average molecular weight is 553 g/mol. The molecule has 1 N–H and O–H groups in total. The number of halogens is 1. The van der Waals surface area contributed by atoms with Crippen LogP contribution in [0.5, 0.6) is 11.5 Å². The molecule has 5 aromatic rings. The minimum atomic E-state index is -0.180. The number of nitrogens with one attached hydrogen (secondary N) is 1. The number of carbonyl (C=O) groups excluding carboxylic acids is 1. The molecule has 1 aromatic heterocycles. The van der Waals surface area contributed by atoms with E-state index in [0.717, 1.165) is 28.6 Å². The summed E-state index contributed by atoms with van der Waals surface area (Å²) in [7, 11) is 1.63. The van der Waals surface area contributed by atoms with Crippen molar-refractivity contribution in [3.05, 3.63) is 131 Å². The Bertz CT molecular complexity index is 1580. The quantitative estimate of drug-likeness (QED) is 0.171. The summed E-state index contributed by atoms with van der Waals surface area (Å²) in [5, 5.41) is 4.79. The molecule has 0 radical (unpaired) electrons. The van der Waals surface area contributed by atoms with E-state index in [-0.39, 0.29) is 11.8 Å². The van der Waals surface area contributed by atoms with Crippen LogP contribution in [0, 0.1) is 6.92 Å².